The van der Waals surface area contributed by atoms with Crippen LogP contribution in [0.3, 0.4) is 0 Å². The Morgan fingerprint density at radius 2 is 1.52 bits per heavy atom. The van der Waals surface area contributed by atoms with E-state index in [9.17, 15) is 18.0 Å². The van der Waals surface area contributed by atoms with Gasteiger partial charge < -0.3 is 15.0 Å². The number of anilines is 1. The first kappa shape index (κ1) is 34.2. The smallest absolute Gasteiger partial charge is 0.264 e. The van der Waals surface area contributed by atoms with Crippen molar-refractivity contribution in [2.75, 3.05) is 24.0 Å². The molecule has 0 aromatic heterocycles. The lowest BCUT2D eigenvalue weighted by molar-refractivity contribution is -0.140. The van der Waals surface area contributed by atoms with Crippen LogP contribution in [0.15, 0.2) is 108 Å². The number of ether oxygens (including phenoxy) is 1. The maximum atomic E-state index is 15.0. The first-order chi connectivity index (χ1) is 22.1. The summed E-state index contributed by atoms with van der Waals surface area (Å²) < 4.78 is 49.9. The van der Waals surface area contributed by atoms with Gasteiger partial charge in [-0.3, -0.25) is 13.9 Å². The molecule has 0 aliphatic rings. The summed E-state index contributed by atoms with van der Waals surface area (Å²) in [5, 5.41) is 2.88. The molecule has 10 heteroatoms. The Kier molecular flexibility index (Phi) is 11.9. The van der Waals surface area contributed by atoms with Crippen molar-refractivity contribution in [2.24, 2.45) is 0 Å². The molecule has 0 unspecified atom stereocenters. The summed E-state index contributed by atoms with van der Waals surface area (Å²) in [5.41, 5.74) is 2.10. The van der Waals surface area contributed by atoms with E-state index < -0.39 is 40.2 Å². The Morgan fingerprint density at radius 3 is 2.15 bits per heavy atom. The molecule has 0 fully saturated rings. The maximum absolute atomic E-state index is 15.0. The van der Waals surface area contributed by atoms with Crippen molar-refractivity contribution in [1.82, 2.24) is 10.2 Å². The second-order valence-corrected chi connectivity index (χ2v) is 12.7. The number of carbonyl (C=O) groups excluding carboxylic acids is 2. The highest BCUT2D eigenvalue weighted by molar-refractivity contribution is 7.92. The first-order valence-electron chi connectivity index (χ1n) is 15.3. The molecule has 0 radical (unpaired) electrons. The molecular weight excluding hydrogens is 605 g/mol. The van der Waals surface area contributed by atoms with Gasteiger partial charge in [-0.25, -0.2) is 12.8 Å². The Morgan fingerprint density at radius 1 is 0.870 bits per heavy atom. The second kappa shape index (κ2) is 16.0. The number of halogens is 1. The van der Waals surface area contributed by atoms with Crippen LogP contribution in [0.5, 0.6) is 5.75 Å². The molecule has 0 saturated carbocycles. The number of benzene rings is 4. The van der Waals surface area contributed by atoms with Crippen LogP contribution in [-0.4, -0.2) is 50.9 Å². The third-order valence-electron chi connectivity index (χ3n) is 7.44. The molecule has 1 N–H and O–H groups in total. The highest BCUT2D eigenvalue weighted by atomic mass is 32.2. The molecule has 0 heterocycles. The van der Waals surface area contributed by atoms with E-state index in [-0.39, 0.29) is 29.1 Å². The van der Waals surface area contributed by atoms with E-state index in [1.807, 2.05) is 51.1 Å². The van der Waals surface area contributed by atoms with Gasteiger partial charge in [0.25, 0.3) is 10.0 Å². The molecule has 2 amide bonds. The molecule has 4 aromatic carbocycles. The number of sulfonamides is 1. The highest BCUT2D eigenvalue weighted by Gasteiger charge is 2.35. The fourth-order valence-electron chi connectivity index (χ4n) is 4.97. The van der Waals surface area contributed by atoms with Crippen molar-refractivity contribution >= 4 is 27.5 Å². The van der Waals surface area contributed by atoms with Crippen molar-refractivity contribution in [1.29, 1.82) is 0 Å². The summed E-state index contributed by atoms with van der Waals surface area (Å²) in [6.07, 6.45) is 0.815. The van der Waals surface area contributed by atoms with Gasteiger partial charge >= 0.3 is 0 Å². The number of rotatable bonds is 15. The molecule has 1 atom stereocenters. The van der Waals surface area contributed by atoms with Crippen LogP contribution in [-0.2, 0) is 32.6 Å². The van der Waals surface area contributed by atoms with E-state index in [0.29, 0.717) is 25.3 Å². The fraction of sp³-hybridized carbons (Fsp3) is 0.278. The van der Waals surface area contributed by atoms with Crippen LogP contribution < -0.4 is 14.4 Å². The summed E-state index contributed by atoms with van der Waals surface area (Å²) in [7, 11) is -4.25. The molecule has 4 aromatic rings. The fourth-order valence-corrected chi connectivity index (χ4v) is 6.39. The van der Waals surface area contributed by atoms with Crippen LogP contribution in [0.1, 0.15) is 37.0 Å². The minimum atomic E-state index is -4.25. The molecule has 0 spiro atoms. The Bertz CT molecular complexity index is 1700. The predicted molar refractivity (Wildman–Crippen MR) is 178 cm³/mol. The monoisotopic (exact) mass is 645 g/mol. The molecular formula is C36H40FN3O5S. The van der Waals surface area contributed by atoms with Gasteiger partial charge in [-0.05, 0) is 68.3 Å². The zero-order valence-electron chi connectivity index (χ0n) is 26.4. The van der Waals surface area contributed by atoms with Gasteiger partial charge in [0, 0.05) is 25.1 Å². The highest BCUT2D eigenvalue weighted by Crippen LogP contribution is 2.27. The molecule has 4 rings (SSSR count). The largest absolute Gasteiger partial charge is 0.494 e. The van der Waals surface area contributed by atoms with Gasteiger partial charge in [-0.2, -0.15) is 0 Å². The van der Waals surface area contributed by atoms with Gasteiger partial charge in [0.15, 0.2) is 0 Å². The Labute approximate surface area is 270 Å². The van der Waals surface area contributed by atoms with Gasteiger partial charge in [0.1, 0.15) is 24.2 Å². The number of hydrogen-bond donors (Lipinski definition) is 1. The molecule has 242 valence electrons. The average Bonchev–Trinajstić information content (AvgIpc) is 3.06. The van der Waals surface area contributed by atoms with Crippen molar-refractivity contribution in [2.45, 2.75) is 51.1 Å². The molecule has 0 bridgehead atoms. The second-order valence-electron chi connectivity index (χ2n) is 10.9. The van der Waals surface area contributed by atoms with Crippen LogP contribution in [0, 0.1) is 12.7 Å². The summed E-state index contributed by atoms with van der Waals surface area (Å²) in [6, 6.07) is 26.9. The maximum Gasteiger partial charge on any atom is 0.264 e. The number of nitrogens with zero attached hydrogens (tertiary/aromatic N) is 2. The van der Waals surface area contributed by atoms with E-state index in [2.05, 4.69) is 5.32 Å². The van der Waals surface area contributed by atoms with Crippen molar-refractivity contribution in [3.05, 3.63) is 126 Å². The molecule has 0 aliphatic carbocycles. The lowest BCUT2D eigenvalue weighted by atomic mass is 10.0. The SMILES string of the molecule is CCCNC(=O)[C@@H](Cc1ccccc1)N(Cc1ccccc1F)C(=O)CN(c1ccc(OCC)cc1)S(=O)(=O)c1ccc(C)cc1. The number of nitrogens with one attached hydrogen (secondary N) is 1. The van der Waals surface area contributed by atoms with Gasteiger partial charge in [-0.1, -0.05) is 73.2 Å². The predicted octanol–water partition coefficient (Wildman–Crippen LogP) is 5.89. The summed E-state index contributed by atoms with van der Waals surface area (Å²) in [6.45, 7) is 5.53. The first-order valence-corrected chi connectivity index (χ1v) is 16.7. The quantitative estimate of drug-likeness (QED) is 0.174. The van der Waals surface area contributed by atoms with Crippen molar-refractivity contribution < 1.29 is 27.1 Å². The third-order valence-corrected chi connectivity index (χ3v) is 9.23. The Balaban J connectivity index is 1.80. The number of amides is 2. The average molecular weight is 646 g/mol. The standard InChI is InChI=1S/C36H40FN3O5S/c1-4-23-38-36(42)34(24-28-11-7-6-8-12-28)39(25-29-13-9-10-14-33(29)37)35(41)26-40(30-17-19-31(20-18-30)45-5-2)46(43,44)32-21-15-27(3)16-22-32/h6-22,34H,4-5,23-26H2,1-3H3,(H,38,42)/t34-/m1/s1. The van der Waals surface area contributed by atoms with E-state index >= 15 is 4.39 Å². The number of aryl methyl sites for hydroxylation is 1. The summed E-state index contributed by atoms with van der Waals surface area (Å²) in [5.74, 6) is -1.07. The van der Waals surface area contributed by atoms with E-state index in [1.165, 1.54) is 23.1 Å². The van der Waals surface area contributed by atoms with Crippen molar-refractivity contribution in [3.63, 3.8) is 0 Å². The molecule has 0 saturated heterocycles. The lowest BCUT2D eigenvalue weighted by Crippen LogP contribution is -2.53. The van der Waals surface area contributed by atoms with E-state index in [0.717, 1.165) is 15.4 Å². The number of hydrogen-bond acceptors (Lipinski definition) is 5. The Hall–Kier alpha value is -4.70. The van der Waals surface area contributed by atoms with E-state index in [1.54, 1.807) is 54.6 Å². The lowest BCUT2D eigenvalue weighted by Gasteiger charge is -2.34. The zero-order chi connectivity index (χ0) is 33.1. The number of carbonyl (C=O) groups is 2. The van der Waals surface area contributed by atoms with Gasteiger partial charge in [-0.15, -0.1) is 0 Å². The van der Waals surface area contributed by atoms with Crippen molar-refractivity contribution in [3.8, 4) is 5.75 Å². The topological polar surface area (TPSA) is 96.0 Å². The summed E-state index contributed by atoms with van der Waals surface area (Å²) in [4.78, 5) is 29.4. The minimum Gasteiger partial charge on any atom is -0.494 e. The van der Waals surface area contributed by atoms with Crippen LogP contribution >= 0.6 is 0 Å². The molecule has 0 aliphatic heterocycles. The van der Waals surface area contributed by atoms with Crippen LogP contribution in [0.4, 0.5) is 10.1 Å². The molecule has 46 heavy (non-hydrogen) atoms. The summed E-state index contributed by atoms with van der Waals surface area (Å²) >= 11 is 0. The van der Waals surface area contributed by atoms with Gasteiger partial charge in [0.05, 0.1) is 17.2 Å². The normalized spacial score (nSPS) is 11.8. The van der Waals surface area contributed by atoms with Crippen LogP contribution in [0.2, 0.25) is 0 Å². The van der Waals surface area contributed by atoms with Gasteiger partial charge in [0.2, 0.25) is 11.8 Å². The molecule has 8 nitrogen and oxygen atoms in total. The minimum absolute atomic E-state index is 0.00182. The van der Waals surface area contributed by atoms with E-state index in [4.69, 9.17) is 4.74 Å². The zero-order valence-corrected chi connectivity index (χ0v) is 27.2. The van der Waals surface area contributed by atoms with Crippen LogP contribution in [0.25, 0.3) is 0 Å². The third kappa shape index (κ3) is 8.72.